The molecule has 0 aromatic heterocycles. The SMILES string of the molecule is CCCS(=O)(=O)c1ccccc1Oc1ccc(N)cc1C. The van der Waals surface area contributed by atoms with E-state index >= 15 is 0 Å². The van der Waals surface area contributed by atoms with Crippen molar-refractivity contribution in [2.24, 2.45) is 0 Å². The molecule has 0 aliphatic heterocycles. The summed E-state index contributed by atoms with van der Waals surface area (Å²) in [5, 5.41) is 0. The van der Waals surface area contributed by atoms with Crippen LogP contribution in [-0.4, -0.2) is 14.2 Å². The fourth-order valence-corrected chi connectivity index (χ4v) is 3.54. The zero-order chi connectivity index (χ0) is 15.5. The third-order valence-electron chi connectivity index (χ3n) is 3.08. The minimum Gasteiger partial charge on any atom is -0.456 e. The fraction of sp³-hybridized carbons (Fsp3) is 0.250. The Balaban J connectivity index is 2.41. The average molecular weight is 305 g/mol. The van der Waals surface area contributed by atoms with Crippen molar-refractivity contribution in [3.8, 4) is 11.5 Å². The number of nitrogen functional groups attached to an aromatic ring is 1. The highest BCUT2D eigenvalue weighted by Gasteiger charge is 2.19. The second-order valence-corrected chi connectivity index (χ2v) is 6.97. The van der Waals surface area contributed by atoms with E-state index in [1.807, 2.05) is 13.8 Å². The van der Waals surface area contributed by atoms with Crippen LogP contribution in [0.4, 0.5) is 5.69 Å². The van der Waals surface area contributed by atoms with Gasteiger partial charge in [0, 0.05) is 5.69 Å². The Kier molecular flexibility index (Phi) is 4.53. The van der Waals surface area contributed by atoms with E-state index in [0.29, 0.717) is 23.6 Å². The van der Waals surface area contributed by atoms with E-state index in [9.17, 15) is 8.42 Å². The highest BCUT2D eigenvalue weighted by molar-refractivity contribution is 7.91. The second kappa shape index (κ2) is 6.18. The summed E-state index contributed by atoms with van der Waals surface area (Å²) in [6.07, 6.45) is 0.567. The van der Waals surface area contributed by atoms with Crippen molar-refractivity contribution >= 4 is 15.5 Å². The van der Waals surface area contributed by atoms with Crippen molar-refractivity contribution < 1.29 is 13.2 Å². The fourth-order valence-electron chi connectivity index (χ4n) is 2.08. The first-order valence-electron chi connectivity index (χ1n) is 6.80. The van der Waals surface area contributed by atoms with Crippen molar-refractivity contribution in [3.63, 3.8) is 0 Å². The van der Waals surface area contributed by atoms with E-state index < -0.39 is 9.84 Å². The van der Waals surface area contributed by atoms with Gasteiger partial charge in [0.2, 0.25) is 0 Å². The van der Waals surface area contributed by atoms with Crippen molar-refractivity contribution in [1.29, 1.82) is 0 Å². The molecule has 0 heterocycles. The standard InChI is InChI=1S/C16H19NO3S/c1-3-10-21(18,19)16-7-5-4-6-15(16)20-14-9-8-13(17)11-12(14)2/h4-9,11H,3,10,17H2,1-2H3. The molecule has 2 aromatic carbocycles. The molecule has 0 saturated heterocycles. The Bertz CT molecular complexity index is 739. The van der Waals surface area contributed by atoms with Crippen LogP contribution < -0.4 is 10.5 Å². The molecule has 112 valence electrons. The van der Waals surface area contributed by atoms with Gasteiger partial charge in [-0.25, -0.2) is 8.42 Å². The van der Waals surface area contributed by atoms with Gasteiger partial charge in [0.05, 0.1) is 5.75 Å². The molecule has 2 N–H and O–H groups in total. The Morgan fingerprint density at radius 1 is 1.10 bits per heavy atom. The number of hydrogen-bond acceptors (Lipinski definition) is 4. The lowest BCUT2D eigenvalue weighted by molar-refractivity contribution is 0.464. The third-order valence-corrected chi connectivity index (χ3v) is 5.03. The van der Waals surface area contributed by atoms with Crippen LogP contribution in [0.5, 0.6) is 11.5 Å². The Morgan fingerprint density at radius 3 is 2.48 bits per heavy atom. The van der Waals surface area contributed by atoms with Crippen LogP contribution >= 0.6 is 0 Å². The third kappa shape index (κ3) is 3.55. The summed E-state index contributed by atoms with van der Waals surface area (Å²) in [6.45, 7) is 3.71. The number of aryl methyl sites for hydroxylation is 1. The number of hydrogen-bond donors (Lipinski definition) is 1. The highest BCUT2D eigenvalue weighted by Crippen LogP contribution is 2.31. The van der Waals surface area contributed by atoms with Gasteiger partial charge < -0.3 is 10.5 Å². The van der Waals surface area contributed by atoms with Crippen molar-refractivity contribution in [2.75, 3.05) is 11.5 Å². The molecule has 4 nitrogen and oxygen atoms in total. The first-order chi connectivity index (χ1) is 9.94. The normalized spacial score (nSPS) is 11.3. The van der Waals surface area contributed by atoms with Crippen LogP contribution in [0, 0.1) is 6.92 Å². The monoisotopic (exact) mass is 305 g/mol. The second-order valence-electron chi connectivity index (χ2n) is 4.89. The molecule has 0 radical (unpaired) electrons. The van der Waals surface area contributed by atoms with Crippen LogP contribution in [0.2, 0.25) is 0 Å². The van der Waals surface area contributed by atoms with E-state index in [1.165, 1.54) is 0 Å². The van der Waals surface area contributed by atoms with Gasteiger partial charge in [-0.3, -0.25) is 0 Å². The maximum absolute atomic E-state index is 12.3. The number of anilines is 1. The lowest BCUT2D eigenvalue weighted by Gasteiger charge is -2.13. The Labute approximate surface area is 125 Å². The summed E-state index contributed by atoms with van der Waals surface area (Å²) >= 11 is 0. The van der Waals surface area contributed by atoms with Gasteiger partial charge in [-0.05, 0) is 49.2 Å². The van der Waals surface area contributed by atoms with Crippen LogP contribution in [0.25, 0.3) is 0 Å². The van der Waals surface area contributed by atoms with E-state index in [-0.39, 0.29) is 10.6 Å². The number of nitrogens with two attached hydrogens (primary N) is 1. The van der Waals surface area contributed by atoms with Crippen molar-refractivity contribution in [1.82, 2.24) is 0 Å². The smallest absolute Gasteiger partial charge is 0.182 e. The van der Waals surface area contributed by atoms with Gasteiger partial charge >= 0.3 is 0 Å². The molecule has 0 bridgehead atoms. The van der Waals surface area contributed by atoms with Gasteiger partial charge in [0.25, 0.3) is 0 Å². The molecule has 0 aliphatic rings. The molecule has 21 heavy (non-hydrogen) atoms. The molecular formula is C16H19NO3S. The maximum atomic E-state index is 12.3. The van der Waals surface area contributed by atoms with Gasteiger partial charge in [0.1, 0.15) is 16.4 Å². The predicted octanol–water partition coefficient (Wildman–Crippen LogP) is 3.55. The van der Waals surface area contributed by atoms with Crippen LogP contribution in [-0.2, 0) is 9.84 Å². The molecule has 0 unspecified atom stereocenters. The molecule has 5 heteroatoms. The number of para-hydroxylation sites is 1. The molecule has 0 fully saturated rings. The number of rotatable bonds is 5. The molecule has 0 saturated carbocycles. The van der Waals surface area contributed by atoms with E-state index in [1.54, 1.807) is 42.5 Å². The van der Waals surface area contributed by atoms with Crippen LogP contribution in [0.3, 0.4) is 0 Å². The largest absolute Gasteiger partial charge is 0.456 e. The summed E-state index contributed by atoms with van der Waals surface area (Å²) in [7, 11) is -3.33. The van der Waals surface area contributed by atoms with E-state index in [4.69, 9.17) is 10.5 Å². The minimum atomic E-state index is -3.33. The number of sulfone groups is 1. The van der Waals surface area contributed by atoms with Gasteiger partial charge in [0.15, 0.2) is 9.84 Å². The molecular weight excluding hydrogens is 286 g/mol. The van der Waals surface area contributed by atoms with Crippen molar-refractivity contribution in [3.05, 3.63) is 48.0 Å². The molecule has 2 rings (SSSR count). The zero-order valence-corrected chi connectivity index (χ0v) is 13.0. The summed E-state index contributed by atoms with van der Waals surface area (Å²) in [4.78, 5) is 0.225. The number of benzene rings is 2. The zero-order valence-electron chi connectivity index (χ0n) is 12.2. The van der Waals surface area contributed by atoms with Gasteiger partial charge in [-0.1, -0.05) is 19.1 Å². The summed E-state index contributed by atoms with van der Waals surface area (Å²) in [5.41, 5.74) is 7.21. The van der Waals surface area contributed by atoms with Crippen LogP contribution in [0.15, 0.2) is 47.4 Å². The quantitative estimate of drug-likeness (QED) is 0.858. The minimum absolute atomic E-state index is 0.105. The lowest BCUT2D eigenvalue weighted by Crippen LogP contribution is -2.07. The number of ether oxygens (including phenoxy) is 1. The maximum Gasteiger partial charge on any atom is 0.182 e. The topological polar surface area (TPSA) is 69.4 Å². The first-order valence-corrected chi connectivity index (χ1v) is 8.45. The molecule has 0 spiro atoms. The Morgan fingerprint density at radius 2 is 1.81 bits per heavy atom. The average Bonchev–Trinajstić information content (AvgIpc) is 2.42. The molecule has 2 aromatic rings. The summed E-state index contributed by atoms with van der Waals surface area (Å²) in [5.74, 6) is 1.05. The predicted molar refractivity (Wildman–Crippen MR) is 84.5 cm³/mol. The van der Waals surface area contributed by atoms with E-state index in [0.717, 1.165) is 5.56 Å². The van der Waals surface area contributed by atoms with Gasteiger partial charge in [-0.2, -0.15) is 0 Å². The summed E-state index contributed by atoms with van der Waals surface area (Å²) in [6, 6.07) is 12.0. The molecule has 0 amide bonds. The van der Waals surface area contributed by atoms with E-state index in [2.05, 4.69) is 0 Å². The molecule has 0 aliphatic carbocycles. The van der Waals surface area contributed by atoms with Crippen LogP contribution in [0.1, 0.15) is 18.9 Å². The Hall–Kier alpha value is -2.01. The first kappa shape index (κ1) is 15.4. The highest BCUT2D eigenvalue weighted by atomic mass is 32.2. The lowest BCUT2D eigenvalue weighted by atomic mass is 10.2. The van der Waals surface area contributed by atoms with Gasteiger partial charge in [-0.15, -0.1) is 0 Å². The van der Waals surface area contributed by atoms with Crippen molar-refractivity contribution in [2.45, 2.75) is 25.2 Å². The summed E-state index contributed by atoms with van der Waals surface area (Å²) < 4.78 is 30.4. The molecule has 0 atom stereocenters.